The number of carbonyl (C=O) groups is 10. The molecule has 0 spiro atoms. The van der Waals surface area contributed by atoms with Crippen molar-refractivity contribution in [3.05, 3.63) is 24.3 Å². The lowest BCUT2D eigenvalue weighted by Crippen LogP contribution is -2.48. The summed E-state index contributed by atoms with van der Waals surface area (Å²) >= 11 is 0. The highest BCUT2D eigenvalue weighted by Gasteiger charge is 2.26. The highest BCUT2D eigenvalue weighted by Crippen LogP contribution is 2.11. The van der Waals surface area contributed by atoms with Gasteiger partial charge in [0.1, 0.15) is 12.1 Å². The monoisotopic (exact) mass is 630 g/mol. The maximum Gasteiger partial charge on any atom is 0.253 e. The lowest BCUT2D eigenvalue weighted by atomic mass is 10.1. The molecule has 0 radical (unpaired) electrons. The Morgan fingerprint density at radius 3 is 1.20 bits per heavy atom. The van der Waals surface area contributed by atoms with E-state index in [1.54, 1.807) is 0 Å². The van der Waals surface area contributed by atoms with E-state index in [2.05, 4.69) is 21.3 Å². The van der Waals surface area contributed by atoms with Crippen molar-refractivity contribution in [1.82, 2.24) is 31.1 Å². The third-order valence-corrected chi connectivity index (χ3v) is 6.76. The molecule has 2 unspecified atom stereocenters. The van der Waals surface area contributed by atoms with Gasteiger partial charge in [-0.25, -0.2) is 0 Å². The van der Waals surface area contributed by atoms with Crippen LogP contribution in [0.15, 0.2) is 24.3 Å². The van der Waals surface area contributed by atoms with Crippen LogP contribution in [-0.4, -0.2) is 94.0 Å². The predicted octanol–water partition coefficient (Wildman–Crippen LogP) is -1.36. The summed E-state index contributed by atoms with van der Waals surface area (Å²) in [6.07, 6.45) is 6.06. The molecule has 0 saturated heterocycles. The van der Waals surface area contributed by atoms with Crippen LogP contribution in [0.1, 0.15) is 71.6 Å². The molecule has 2 heterocycles. The number of unbranched alkanes of at least 4 members (excludes halogenated alkanes) is 2. The Morgan fingerprint density at radius 1 is 0.556 bits per heavy atom. The van der Waals surface area contributed by atoms with E-state index in [0.29, 0.717) is 25.7 Å². The lowest BCUT2D eigenvalue weighted by Gasteiger charge is -2.19. The second-order valence-corrected chi connectivity index (χ2v) is 10.5. The zero-order valence-corrected chi connectivity index (χ0v) is 25.2. The average molecular weight is 631 g/mol. The van der Waals surface area contributed by atoms with Crippen molar-refractivity contribution in [2.24, 2.45) is 0 Å². The van der Waals surface area contributed by atoms with E-state index in [-0.39, 0.29) is 45.2 Å². The van der Waals surface area contributed by atoms with Crippen LogP contribution < -0.4 is 21.3 Å². The first kappa shape index (κ1) is 36.2. The van der Waals surface area contributed by atoms with Crippen LogP contribution in [-0.2, 0) is 47.9 Å². The molecule has 45 heavy (non-hydrogen) atoms. The van der Waals surface area contributed by atoms with Crippen molar-refractivity contribution < 1.29 is 47.9 Å². The molecule has 0 saturated carbocycles. The Morgan fingerprint density at radius 2 is 0.889 bits per heavy atom. The van der Waals surface area contributed by atoms with Crippen LogP contribution in [0.5, 0.6) is 0 Å². The molecule has 2 rings (SSSR count). The first-order valence-corrected chi connectivity index (χ1v) is 14.6. The normalized spacial score (nSPS) is 15.2. The number of carbonyl (C=O) groups excluding carboxylic acids is 10. The molecule has 0 aromatic rings. The predicted molar refractivity (Wildman–Crippen MR) is 155 cm³/mol. The second-order valence-electron chi connectivity index (χ2n) is 10.5. The van der Waals surface area contributed by atoms with Gasteiger partial charge in [0.15, 0.2) is 0 Å². The van der Waals surface area contributed by atoms with Crippen LogP contribution in [0.4, 0.5) is 0 Å². The van der Waals surface area contributed by atoms with E-state index in [1.807, 2.05) is 0 Å². The maximum atomic E-state index is 12.6. The minimum absolute atomic E-state index is 0.0537. The van der Waals surface area contributed by atoms with Gasteiger partial charge in [-0.2, -0.15) is 0 Å². The van der Waals surface area contributed by atoms with Gasteiger partial charge in [0.25, 0.3) is 23.6 Å². The fraction of sp³-hybridized carbons (Fsp3) is 0.517. The number of rotatable bonds is 18. The largest absolute Gasteiger partial charge is 0.344 e. The topological polar surface area (TPSA) is 225 Å². The first-order chi connectivity index (χ1) is 21.3. The van der Waals surface area contributed by atoms with Crippen LogP contribution in [0.25, 0.3) is 0 Å². The number of imide groups is 4. The minimum atomic E-state index is -1.07. The van der Waals surface area contributed by atoms with Crippen LogP contribution in [0.3, 0.4) is 0 Å². The third-order valence-electron chi connectivity index (χ3n) is 6.76. The zero-order chi connectivity index (χ0) is 33.5. The molecule has 0 aliphatic carbocycles. The zero-order valence-electron chi connectivity index (χ0n) is 25.2. The molecule has 2 aliphatic rings. The molecule has 16 nitrogen and oxygen atoms in total. The molecule has 0 bridgehead atoms. The molecule has 244 valence electrons. The quantitative estimate of drug-likeness (QED) is 0.103. The highest BCUT2D eigenvalue weighted by atomic mass is 16.2. The number of hydrogen-bond acceptors (Lipinski definition) is 10. The number of nitrogens with one attached hydrogen (secondary N) is 4. The Bertz CT molecular complexity index is 1160. The fourth-order valence-corrected chi connectivity index (χ4v) is 4.54. The van der Waals surface area contributed by atoms with Crippen molar-refractivity contribution in [3.63, 3.8) is 0 Å². The van der Waals surface area contributed by atoms with Crippen LogP contribution in [0.2, 0.25) is 0 Å². The van der Waals surface area contributed by atoms with Gasteiger partial charge in [-0.05, 0) is 44.9 Å². The van der Waals surface area contributed by atoms with Crippen molar-refractivity contribution >= 4 is 59.1 Å². The Balaban J connectivity index is 1.81. The SMILES string of the molecule is CC(=O)NC(=O)C(CCCCN1C(=O)C=CC1=O)NC(=O)CCCC(=O)NC(CCCCN1C(=O)C=CC1=O)C(=O)NC(C)=O. The Kier molecular flexibility index (Phi) is 14.4. The lowest BCUT2D eigenvalue weighted by molar-refractivity contribution is -0.138. The summed E-state index contributed by atoms with van der Waals surface area (Å²) in [6, 6.07) is -2.14. The standard InChI is InChI=1S/C29H38N6O10/c1-18(36)30-28(44)20(8-3-5-16-34-24(40)12-13-25(34)41)32-22(38)10-7-11-23(39)33-21(29(45)31-19(2)37)9-4-6-17-35-26(42)14-15-27(35)43/h12-15,20-21H,3-11,16-17H2,1-2H3,(H,32,38)(H,33,39)(H,30,36,44)(H,31,37,45). The number of nitrogens with zero attached hydrogens (tertiary/aromatic N) is 2. The van der Waals surface area contributed by atoms with Gasteiger partial charge in [-0.1, -0.05) is 0 Å². The summed E-state index contributed by atoms with van der Waals surface area (Å²) in [4.78, 5) is 122. The van der Waals surface area contributed by atoms with E-state index < -0.39 is 71.2 Å². The highest BCUT2D eigenvalue weighted by molar-refractivity contribution is 6.13. The molecule has 10 amide bonds. The fourth-order valence-electron chi connectivity index (χ4n) is 4.54. The van der Waals surface area contributed by atoms with Crippen molar-refractivity contribution in [3.8, 4) is 0 Å². The molecule has 0 fully saturated rings. The van der Waals surface area contributed by atoms with Crippen molar-refractivity contribution in [2.45, 2.75) is 83.7 Å². The van der Waals surface area contributed by atoms with E-state index in [1.165, 1.54) is 0 Å². The van der Waals surface area contributed by atoms with E-state index in [9.17, 15) is 47.9 Å². The Labute approximate surface area is 259 Å². The Hall–Kier alpha value is -5.02. The van der Waals surface area contributed by atoms with Gasteiger partial charge < -0.3 is 10.6 Å². The van der Waals surface area contributed by atoms with E-state index >= 15 is 0 Å². The van der Waals surface area contributed by atoms with E-state index in [0.717, 1.165) is 48.0 Å². The summed E-state index contributed by atoms with van der Waals surface area (Å²) in [5, 5.41) is 9.31. The summed E-state index contributed by atoms with van der Waals surface area (Å²) in [5.74, 6) is -5.53. The smallest absolute Gasteiger partial charge is 0.253 e. The number of amides is 10. The number of hydrogen-bond donors (Lipinski definition) is 4. The average Bonchev–Trinajstić information content (AvgIpc) is 3.45. The summed E-state index contributed by atoms with van der Waals surface area (Å²) in [6.45, 7) is 2.55. The minimum Gasteiger partial charge on any atom is -0.344 e. The van der Waals surface area contributed by atoms with Crippen molar-refractivity contribution in [2.75, 3.05) is 13.1 Å². The molecule has 16 heteroatoms. The van der Waals surface area contributed by atoms with Crippen LogP contribution in [0, 0.1) is 0 Å². The third kappa shape index (κ3) is 12.6. The second kappa shape index (κ2) is 17.9. The molecule has 0 aromatic heterocycles. The van der Waals surface area contributed by atoms with Gasteiger partial charge in [0.2, 0.25) is 35.4 Å². The molecule has 4 N–H and O–H groups in total. The summed E-state index contributed by atoms with van der Waals surface area (Å²) in [5.41, 5.74) is 0. The van der Waals surface area contributed by atoms with Crippen LogP contribution >= 0.6 is 0 Å². The first-order valence-electron chi connectivity index (χ1n) is 14.6. The van der Waals surface area contributed by atoms with E-state index in [4.69, 9.17) is 0 Å². The molecule has 0 aromatic carbocycles. The van der Waals surface area contributed by atoms with Crippen molar-refractivity contribution in [1.29, 1.82) is 0 Å². The van der Waals surface area contributed by atoms with Gasteiger partial charge in [0, 0.05) is 64.1 Å². The summed E-state index contributed by atoms with van der Waals surface area (Å²) in [7, 11) is 0. The molecular weight excluding hydrogens is 592 g/mol. The molecule has 2 atom stereocenters. The van der Waals surface area contributed by atoms with Gasteiger partial charge >= 0.3 is 0 Å². The van der Waals surface area contributed by atoms with Gasteiger partial charge in [0.05, 0.1) is 0 Å². The molecule has 2 aliphatic heterocycles. The maximum absolute atomic E-state index is 12.6. The molecular formula is C29H38N6O10. The summed E-state index contributed by atoms with van der Waals surface area (Å²) < 4.78 is 0. The van der Waals surface area contributed by atoms with Gasteiger partial charge in [-0.15, -0.1) is 0 Å². The van der Waals surface area contributed by atoms with Gasteiger partial charge in [-0.3, -0.25) is 68.4 Å².